The summed E-state index contributed by atoms with van der Waals surface area (Å²) in [6.45, 7) is 2.22. The molecule has 0 fully saturated rings. The molecule has 0 spiro atoms. The van der Waals surface area contributed by atoms with Gasteiger partial charge in [-0.15, -0.1) is 11.6 Å². The summed E-state index contributed by atoms with van der Waals surface area (Å²) in [6.07, 6.45) is 1.14. The maximum Gasteiger partial charge on any atom is 0.159 e. The first-order valence-electron chi connectivity index (χ1n) is 2.90. The van der Waals surface area contributed by atoms with Gasteiger partial charge in [0.2, 0.25) is 0 Å². The van der Waals surface area contributed by atoms with E-state index in [1.807, 2.05) is 0 Å². The molecular weight excluding hydrogens is 156 g/mol. The average Bonchev–Trinajstić information content (AvgIpc) is 1.83. The highest BCUT2D eigenvalue weighted by Crippen LogP contribution is 1.98. The van der Waals surface area contributed by atoms with E-state index in [2.05, 4.69) is 6.55 Å². The fourth-order valence-electron chi connectivity index (χ4n) is 0.482. The molecule has 1 atom stereocenters. The molecule has 0 saturated carbocycles. The quantitative estimate of drug-likeness (QED) is 0.433. The fourth-order valence-corrected chi connectivity index (χ4v) is 2.62. The van der Waals surface area contributed by atoms with E-state index < -0.39 is 9.04 Å². The third-order valence-electron chi connectivity index (χ3n) is 1.15. The molecule has 4 heteroatoms. The van der Waals surface area contributed by atoms with Crippen molar-refractivity contribution in [1.29, 1.82) is 0 Å². The van der Waals surface area contributed by atoms with Gasteiger partial charge in [-0.1, -0.05) is 0 Å². The summed E-state index contributed by atoms with van der Waals surface area (Å²) in [5.41, 5.74) is 0. The Morgan fingerprint density at radius 3 is 2.75 bits per heavy atom. The predicted molar refractivity (Wildman–Crippen MR) is 44.2 cm³/mol. The van der Waals surface area contributed by atoms with Crippen LogP contribution in [0.5, 0.6) is 0 Å². The normalized spacial score (nSPS) is 14.2. The predicted octanol–water partition coefficient (Wildman–Crippen LogP) is 0.266. The maximum atomic E-state index is 5.48. The molecule has 0 aliphatic rings. The standard InChI is InChI=1S/C4H13ClOSi2/c1-8(6-7)4-2-3-5/h8H,2-4H2,1,7H3. The van der Waals surface area contributed by atoms with E-state index in [0.29, 0.717) is 0 Å². The molecule has 0 rings (SSSR count). The van der Waals surface area contributed by atoms with Crippen molar-refractivity contribution in [3.63, 3.8) is 0 Å². The van der Waals surface area contributed by atoms with E-state index in [9.17, 15) is 0 Å². The van der Waals surface area contributed by atoms with Crippen molar-refractivity contribution in [3.05, 3.63) is 0 Å². The largest absolute Gasteiger partial charge is 0.466 e. The number of halogens is 1. The molecule has 1 unspecified atom stereocenters. The van der Waals surface area contributed by atoms with Crippen LogP contribution in [0.4, 0.5) is 0 Å². The second kappa shape index (κ2) is 5.81. The number of alkyl halides is 1. The van der Waals surface area contributed by atoms with E-state index in [1.54, 1.807) is 0 Å². The van der Waals surface area contributed by atoms with E-state index in [1.165, 1.54) is 6.04 Å². The zero-order valence-electron chi connectivity index (χ0n) is 5.48. The topological polar surface area (TPSA) is 9.23 Å². The molecule has 0 aliphatic heterocycles. The fraction of sp³-hybridized carbons (Fsp3) is 1.00. The lowest BCUT2D eigenvalue weighted by molar-refractivity contribution is 0.633. The van der Waals surface area contributed by atoms with E-state index >= 15 is 0 Å². The van der Waals surface area contributed by atoms with Crippen molar-refractivity contribution in [2.24, 2.45) is 0 Å². The van der Waals surface area contributed by atoms with Crippen molar-refractivity contribution >= 4 is 31.1 Å². The van der Waals surface area contributed by atoms with E-state index in [4.69, 9.17) is 15.7 Å². The van der Waals surface area contributed by atoms with E-state index in [0.717, 1.165) is 22.8 Å². The minimum Gasteiger partial charge on any atom is -0.466 e. The van der Waals surface area contributed by atoms with Gasteiger partial charge in [-0.25, -0.2) is 0 Å². The molecule has 0 amide bonds. The molecule has 0 N–H and O–H groups in total. The molecule has 50 valence electrons. The minimum absolute atomic E-state index is 0.722. The second-order valence-corrected chi connectivity index (χ2v) is 6.34. The second-order valence-electron chi connectivity index (χ2n) is 1.88. The van der Waals surface area contributed by atoms with Crippen molar-refractivity contribution < 1.29 is 4.12 Å². The zero-order valence-corrected chi connectivity index (χ0v) is 9.40. The van der Waals surface area contributed by atoms with Gasteiger partial charge in [-0.05, 0) is 19.0 Å². The van der Waals surface area contributed by atoms with Crippen molar-refractivity contribution in [2.75, 3.05) is 5.88 Å². The first kappa shape index (κ1) is 8.68. The Morgan fingerprint density at radius 2 is 2.38 bits per heavy atom. The smallest absolute Gasteiger partial charge is 0.159 e. The highest BCUT2D eigenvalue weighted by Gasteiger charge is 1.98. The third-order valence-corrected chi connectivity index (χ3v) is 5.85. The van der Waals surface area contributed by atoms with Crippen LogP contribution in [0.25, 0.3) is 0 Å². The number of hydrogen-bond acceptors (Lipinski definition) is 1. The van der Waals surface area contributed by atoms with Crippen molar-refractivity contribution in [2.45, 2.75) is 19.0 Å². The van der Waals surface area contributed by atoms with Gasteiger partial charge in [0.05, 0.1) is 0 Å². The molecule has 0 heterocycles. The maximum absolute atomic E-state index is 5.48. The Labute approximate surface area is 60.6 Å². The van der Waals surface area contributed by atoms with Gasteiger partial charge in [-0.2, -0.15) is 0 Å². The van der Waals surface area contributed by atoms with Crippen LogP contribution < -0.4 is 0 Å². The number of rotatable bonds is 4. The first-order chi connectivity index (χ1) is 3.81. The SMILES string of the molecule is C[SiH](CCCCl)O[SiH3]. The molecule has 8 heavy (non-hydrogen) atoms. The Hall–Kier alpha value is 0.684. The van der Waals surface area contributed by atoms with Crippen LogP contribution in [0.15, 0.2) is 0 Å². The molecule has 0 aliphatic carbocycles. The van der Waals surface area contributed by atoms with Crippen molar-refractivity contribution in [1.82, 2.24) is 0 Å². The molecule has 0 aromatic carbocycles. The van der Waals surface area contributed by atoms with Crippen LogP contribution in [0.2, 0.25) is 12.6 Å². The third kappa shape index (κ3) is 4.83. The van der Waals surface area contributed by atoms with Gasteiger partial charge in [-0.3, -0.25) is 0 Å². The highest BCUT2D eigenvalue weighted by molar-refractivity contribution is 6.54. The van der Waals surface area contributed by atoms with Gasteiger partial charge >= 0.3 is 0 Å². The van der Waals surface area contributed by atoms with Gasteiger partial charge in [0.15, 0.2) is 9.04 Å². The lowest BCUT2D eigenvalue weighted by atomic mass is 10.6. The molecule has 0 aromatic rings. The summed E-state index contributed by atoms with van der Waals surface area (Å²) in [5.74, 6) is 0.794. The summed E-state index contributed by atoms with van der Waals surface area (Å²) < 4.78 is 5.27. The Morgan fingerprint density at radius 1 is 1.75 bits per heavy atom. The van der Waals surface area contributed by atoms with Gasteiger partial charge in [0, 0.05) is 5.88 Å². The van der Waals surface area contributed by atoms with Crippen LogP contribution >= 0.6 is 11.6 Å². The summed E-state index contributed by atoms with van der Waals surface area (Å²) in [7, 11) is 0.187. The van der Waals surface area contributed by atoms with Gasteiger partial charge < -0.3 is 4.12 Å². The van der Waals surface area contributed by atoms with Gasteiger partial charge in [0.1, 0.15) is 10.5 Å². The molecule has 0 saturated heterocycles. The molecule has 0 bridgehead atoms. The van der Waals surface area contributed by atoms with Gasteiger partial charge in [0.25, 0.3) is 0 Å². The minimum atomic E-state index is -0.722. The summed E-state index contributed by atoms with van der Waals surface area (Å²) in [4.78, 5) is 0. The van der Waals surface area contributed by atoms with Crippen LogP contribution in [-0.4, -0.2) is 25.4 Å². The van der Waals surface area contributed by atoms with Crippen LogP contribution in [-0.2, 0) is 4.12 Å². The van der Waals surface area contributed by atoms with Crippen LogP contribution in [0, 0.1) is 0 Å². The molecule has 0 radical (unpaired) electrons. The van der Waals surface area contributed by atoms with Crippen molar-refractivity contribution in [3.8, 4) is 0 Å². The summed E-state index contributed by atoms with van der Waals surface area (Å²) in [5, 5.41) is 0. The lowest BCUT2D eigenvalue weighted by Crippen LogP contribution is -2.10. The van der Waals surface area contributed by atoms with Crippen LogP contribution in [0.1, 0.15) is 6.42 Å². The molecule has 0 aromatic heterocycles. The Kier molecular flexibility index (Phi) is 6.31. The van der Waals surface area contributed by atoms with Crippen LogP contribution in [0.3, 0.4) is 0 Å². The molecular formula is C4H13ClOSi2. The van der Waals surface area contributed by atoms with E-state index in [-0.39, 0.29) is 0 Å². The summed E-state index contributed by atoms with van der Waals surface area (Å²) >= 11 is 5.48. The lowest BCUT2D eigenvalue weighted by Gasteiger charge is -2.04. The number of hydrogen-bond donors (Lipinski definition) is 0. The first-order valence-corrected chi connectivity index (χ1v) is 6.69. The highest BCUT2D eigenvalue weighted by atomic mass is 35.5. The zero-order chi connectivity index (χ0) is 6.41. The molecule has 1 nitrogen and oxygen atoms in total. The monoisotopic (exact) mass is 168 g/mol. The average molecular weight is 169 g/mol. The Balaban J connectivity index is 2.86. The summed E-state index contributed by atoms with van der Waals surface area (Å²) in [6, 6.07) is 1.24. The Bertz CT molecular complexity index is 53.3.